The molecule has 2 aromatic heterocycles. The van der Waals surface area contributed by atoms with Gasteiger partial charge in [0.1, 0.15) is 0 Å². The molecule has 1 aliphatic heterocycles. The maximum atomic E-state index is 12.5. The molecule has 1 fully saturated rings. The number of pyridine rings is 1. The standard InChI is InChI=1S/C18H23ClN4O3S2/c1-3-28(25,26)23-10-8-14(9-11-23)22(2)18(24)21-13-4-5-15(20-12-13)16-6-7-17(19)27-16/h4-7,12,14H,3,8-11H2,1-2H3,(H,21,24). The molecule has 1 aliphatic rings. The van der Waals surface area contributed by atoms with E-state index in [0.29, 0.717) is 36.0 Å². The van der Waals surface area contributed by atoms with Gasteiger partial charge in [-0.2, -0.15) is 0 Å². The van der Waals surface area contributed by atoms with E-state index in [-0.39, 0.29) is 17.8 Å². The monoisotopic (exact) mass is 442 g/mol. The molecule has 152 valence electrons. The van der Waals surface area contributed by atoms with Crippen molar-refractivity contribution in [3.05, 3.63) is 34.8 Å². The first kappa shape index (κ1) is 21.0. The zero-order valence-electron chi connectivity index (χ0n) is 15.8. The fourth-order valence-electron chi connectivity index (χ4n) is 3.13. The summed E-state index contributed by atoms with van der Waals surface area (Å²) in [6.45, 7) is 2.53. The number of piperidine rings is 1. The van der Waals surface area contributed by atoms with Crippen molar-refractivity contribution >= 4 is 44.7 Å². The van der Waals surface area contributed by atoms with Crippen LogP contribution in [0.5, 0.6) is 0 Å². The summed E-state index contributed by atoms with van der Waals surface area (Å²) in [5.74, 6) is 0.106. The van der Waals surface area contributed by atoms with E-state index < -0.39 is 10.0 Å². The number of amides is 2. The van der Waals surface area contributed by atoms with Crippen molar-refractivity contribution < 1.29 is 13.2 Å². The van der Waals surface area contributed by atoms with Gasteiger partial charge in [0.2, 0.25) is 10.0 Å². The number of aromatic nitrogens is 1. The van der Waals surface area contributed by atoms with Crippen LogP contribution in [-0.2, 0) is 10.0 Å². The number of anilines is 1. The molecule has 10 heteroatoms. The predicted molar refractivity (Wildman–Crippen MR) is 113 cm³/mol. The first-order chi connectivity index (χ1) is 13.3. The van der Waals surface area contributed by atoms with Gasteiger partial charge < -0.3 is 10.2 Å². The van der Waals surface area contributed by atoms with Gasteiger partial charge >= 0.3 is 6.03 Å². The zero-order chi connectivity index (χ0) is 20.3. The van der Waals surface area contributed by atoms with Crippen molar-refractivity contribution in [3.63, 3.8) is 0 Å². The number of rotatable bonds is 5. The third-order valence-corrected chi connectivity index (χ3v) is 8.03. The van der Waals surface area contributed by atoms with Gasteiger partial charge in [-0.25, -0.2) is 17.5 Å². The lowest BCUT2D eigenvalue weighted by Gasteiger charge is -2.35. The van der Waals surface area contributed by atoms with Crippen LogP contribution in [0.25, 0.3) is 10.6 Å². The SMILES string of the molecule is CCS(=O)(=O)N1CCC(N(C)C(=O)Nc2ccc(-c3ccc(Cl)s3)nc2)CC1. The van der Waals surface area contributed by atoms with Crippen LogP contribution in [0.2, 0.25) is 4.34 Å². The second-order valence-electron chi connectivity index (χ2n) is 6.61. The molecule has 3 heterocycles. The molecule has 3 rings (SSSR count). The van der Waals surface area contributed by atoms with Crippen LogP contribution >= 0.6 is 22.9 Å². The van der Waals surface area contributed by atoms with Crippen LogP contribution in [0.4, 0.5) is 10.5 Å². The van der Waals surface area contributed by atoms with E-state index in [1.54, 1.807) is 31.1 Å². The molecule has 0 aliphatic carbocycles. The summed E-state index contributed by atoms with van der Waals surface area (Å²) in [5.41, 5.74) is 1.40. The Morgan fingerprint density at radius 2 is 2.04 bits per heavy atom. The Morgan fingerprint density at radius 3 is 2.57 bits per heavy atom. The van der Waals surface area contributed by atoms with E-state index in [1.165, 1.54) is 15.6 Å². The van der Waals surface area contributed by atoms with Crippen LogP contribution in [0, 0.1) is 0 Å². The number of thiophene rings is 1. The van der Waals surface area contributed by atoms with Crippen molar-refractivity contribution in [2.45, 2.75) is 25.8 Å². The molecule has 2 aromatic rings. The number of halogens is 1. The Bertz CT molecular complexity index is 923. The summed E-state index contributed by atoms with van der Waals surface area (Å²) in [5, 5.41) is 2.85. The highest BCUT2D eigenvalue weighted by Crippen LogP contribution is 2.30. The van der Waals surface area contributed by atoms with Crippen LogP contribution < -0.4 is 5.32 Å². The van der Waals surface area contributed by atoms with Crippen molar-refractivity contribution in [2.24, 2.45) is 0 Å². The lowest BCUT2D eigenvalue weighted by atomic mass is 10.1. The molecule has 1 N–H and O–H groups in total. The molecule has 2 amide bonds. The Hall–Kier alpha value is -1.68. The molecular formula is C18H23ClN4O3S2. The van der Waals surface area contributed by atoms with Crippen molar-refractivity contribution in [2.75, 3.05) is 31.2 Å². The summed E-state index contributed by atoms with van der Waals surface area (Å²) in [7, 11) is -1.43. The molecule has 0 aromatic carbocycles. The van der Waals surface area contributed by atoms with Gasteiger partial charge in [-0.15, -0.1) is 11.3 Å². The summed E-state index contributed by atoms with van der Waals surface area (Å²) in [4.78, 5) is 19.5. The van der Waals surface area contributed by atoms with Crippen LogP contribution in [0.15, 0.2) is 30.5 Å². The predicted octanol–water partition coefficient (Wildman–Crippen LogP) is 3.74. The fourth-order valence-corrected chi connectivity index (χ4v) is 5.29. The summed E-state index contributed by atoms with van der Waals surface area (Å²) in [6.07, 6.45) is 2.87. The van der Waals surface area contributed by atoms with Crippen molar-refractivity contribution in [1.82, 2.24) is 14.2 Å². The summed E-state index contributed by atoms with van der Waals surface area (Å²) in [6, 6.07) is 7.15. The topological polar surface area (TPSA) is 82.6 Å². The Morgan fingerprint density at radius 1 is 1.32 bits per heavy atom. The Kier molecular flexibility index (Phi) is 6.59. The van der Waals surface area contributed by atoms with Crippen LogP contribution in [0.3, 0.4) is 0 Å². The van der Waals surface area contributed by atoms with Crippen molar-refractivity contribution in [3.8, 4) is 10.6 Å². The first-order valence-electron chi connectivity index (χ1n) is 9.03. The van der Waals surface area contributed by atoms with Gasteiger partial charge in [0.15, 0.2) is 0 Å². The number of sulfonamides is 1. The van der Waals surface area contributed by atoms with Gasteiger partial charge in [0.05, 0.1) is 32.5 Å². The van der Waals surface area contributed by atoms with Gasteiger partial charge in [-0.3, -0.25) is 4.98 Å². The van der Waals surface area contributed by atoms with E-state index in [2.05, 4.69) is 10.3 Å². The second-order valence-corrected chi connectivity index (χ2v) is 10.6. The molecule has 0 unspecified atom stereocenters. The lowest BCUT2D eigenvalue weighted by Crippen LogP contribution is -2.48. The van der Waals surface area contributed by atoms with E-state index in [9.17, 15) is 13.2 Å². The van der Waals surface area contributed by atoms with Gasteiger partial charge in [0, 0.05) is 26.2 Å². The number of nitrogens with one attached hydrogen (secondary N) is 1. The molecule has 0 spiro atoms. The smallest absolute Gasteiger partial charge is 0.321 e. The largest absolute Gasteiger partial charge is 0.325 e. The minimum atomic E-state index is -3.17. The highest BCUT2D eigenvalue weighted by molar-refractivity contribution is 7.89. The minimum Gasteiger partial charge on any atom is -0.325 e. The number of carbonyl (C=O) groups is 1. The minimum absolute atomic E-state index is 0.00352. The number of hydrogen-bond acceptors (Lipinski definition) is 5. The third-order valence-electron chi connectivity index (χ3n) is 4.89. The molecule has 0 saturated carbocycles. The highest BCUT2D eigenvalue weighted by Gasteiger charge is 2.30. The fraction of sp³-hybridized carbons (Fsp3) is 0.444. The molecule has 28 heavy (non-hydrogen) atoms. The maximum absolute atomic E-state index is 12.5. The molecular weight excluding hydrogens is 420 g/mol. The molecule has 7 nitrogen and oxygen atoms in total. The molecule has 1 saturated heterocycles. The van der Waals surface area contributed by atoms with Crippen LogP contribution in [-0.4, -0.2) is 60.6 Å². The third kappa shape index (κ3) is 4.83. The summed E-state index contributed by atoms with van der Waals surface area (Å²) >= 11 is 7.40. The van der Waals surface area contributed by atoms with Crippen LogP contribution in [0.1, 0.15) is 19.8 Å². The number of carbonyl (C=O) groups excluding carboxylic acids is 1. The zero-order valence-corrected chi connectivity index (χ0v) is 18.1. The van der Waals surface area contributed by atoms with E-state index in [4.69, 9.17) is 11.6 Å². The first-order valence-corrected chi connectivity index (χ1v) is 11.8. The average Bonchev–Trinajstić information content (AvgIpc) is 3.14. The molecule has 0 atom stereocenters. The van der Waals surface area contributed by atoms with Crippen molar-refractivity contribution in [1.29, 1.82) is 0 Å². The lowest BCUT2D eigenvalue weighted by molar-refractivity contribution is 0.174. The van der Waals surface area contributed by atoms with E-state index >= 15 is 0 Å². The quantitative estimate of drug-likeness (QED) is 0.764. The second kappa shape index (κ2) is 8.77. The number of nitrogens with zero attached hydrogens (tertiary/aromatic N) is 3. The number of hydrogen-bond donors (Lipinski definition) is 1. The van der Waals surface area contributed by atoms with Gasteiger partial charge in [-0.1, -0.05) is 11.6 Å². The average molecular weight is 443 g/mol. The van der Waals surface area contributed by atoms with E-state index in [0.717, 1.165) is 10.6 Å². The Labute approximate surface area is 174 Å². The Balaban J connectivity index is 1.56. The van der Waals surface area contributed by atoms with Gasteiger partial charge in [-0.05, 0) is 44.0 Å². The normalized spacial score (nSPS) is 16.1. The maximum Gasteiger partial charge on any atom is 0.321 e. The molecule has 0 radical (unpaired) electrons. The molecule has 0 bridgehead atoms. The number of urea groups is 1. The van der Waals surface area contributed by atoms with Gasteiger partial charge in [0.25, 0.3) is 0 Å². The van der Waals surface area contributed by atoms with E-state index in [1.807, 2.05) is 18.2 Å². The summed E-state index contributed by atoms with van der Waals surface area (Å²) < 4.78 is 26.1. The highest BCUT2D eigenvalue weighted by atomic mass is 35.5.